The van der Waals surface area contributed by atoms with Crippen LogP contribution in [0.2, 0.25) is 0 Å². The summed E-state index contributed by atoms with van der Waals surface area (Å²) in [5.41, 5.74) is 0. The summed E-state index contributed by atoms with van der Waals surface area (Å²) in [6.45, 7) is 14.2. The number of aliphatic hydroxyl groups is 1. The number of unbranched alkanes of at least 4 members (excludes halogenated alkanes) is 36. The molecule has 0 aliphatic heterocycles. The molecule has 0 aromatic heterocycles. The Kier molecular flexibility index (Phi) is 64.0. The molecule has 0 heterocycles. The zero-order chi connectivity index (χ0) is 70.3. The number of hydrogen-bond donors (Lipinski definition) is 3. The zero-order valence-corrected chi connectivity index (χ0v) is 64.1. The third-order valence-electron chi connectivity index (χ3n) is 18.7. The monoisotopic (exact) mass is 1400 g/mol. The lowest BCUT2D eigenvalue weighted by molar-refractivity contribution is -0.161. The number of phosphoric acid groups is 2. The van der Waals surface area contributed by atoms with Gasteiger partial charge < -0.3 is 33.8 Å². The Morgan fingerprint density at radius 3 is 0.747 bits per heavy atom. The van der Waals surface area contributed by atoms with Crippen LogP contribution in [0.5, 0.6) is 0 Å². The van der Waals surface area contributed by atoms with Gasteiger partial charge in [0.1, 0.15) is 19.3 Å². The molecule has 0 saturated heterocycles. The van der Waals surface area contributed by atoms with Crippen molar-refractivity contribution < 1.29 is 80.2 Å². The number of aliphatic hydroxyl groups excluding tert-OH is 1. The first kappa shape index (κ1) is 93.1. The van der Waals surface area contributed by atoms with Crippen LogP contribution >= 0.6 is 15.6 Å². The average molecular weight is 1400 g/mol. The van der Waals surface area contributed by atoms with Crippen molar-refractivity contribution in [2.75, 3.05) is 39.6 Å². The lowest BCUT2D eigenvalue weighted by atomic mass is 9.99. The second kappa shape index (κ2) is 65.4. The highest BCUT2D eigenvalue weighted by Crippen LogP contribution is 2.45. The minimum Gasteiger partial charge on any atom is -0.462 e. The molecule has 0 bridgehead atoms. The van der Waals surface area contributed by atoms with Crippen molar-refractivity contribution in [2.24, 2.45) is 23.7 Å². The molecule has 95 heavy (non-hydrogen) atoms. The fourth-order valence-corrected chi connectivity index (χ4v) is 13.0. The molecule has 564 valence electrons. The van der Waals surface area contributed by atoms with Crippen molar-refractivity contribution in [3.63, 3.8) is 0 Å². The van der Waals surface area contributed by atoms with Crippen LogP contribution in [-0.4, -0.2) is 96.7 Å². The van der Waals surface area contributed by atoms with Gasteiger partial charge in [-0.2, -0.15) is 0 Å². The van der Waals surface area contributed by atoms with Crippen LogP contribution in [0.15, 0.2) is 0 Å². The molecular weight excluding hydrogens is 1250 g/mol. The molecule has 17 nitrogen and oxygen atoms in total. The minimum absolute atomic E-state index is 0.105. The van der Waals surface area contributed by atoms with Crippen molar-refractivity contribution in [2.45, 2.75) is 401 Å². The number of hydrogen-bond acceptors (Lipinski definition) is 15. The predicted octanol–water partition coefficient (Wildman–Crippen LogP) is 22.0. The van der Waals surface area contributed by atoms with E-state index in [2.05, 4.69) is 55.4 Å². The van der Waals surface area contributed by atoms with Crippen LogP contribution in [0, 0.1) is 23.7 Å². The zero-order valence-electron chi connectivity index (χ0n) is 62.3. The number of carbonyl (C=O) groups excluding carboxylic acids is 4. The summed E-state index contributed by atoms with van der Waals surface area (Å²) in [5, 5.41) is 10.6. The normalized spacial score (nSPS) is 15.0. The first-order valence-corrected chi connectivity index (χ1v) is 42.3. The number of ether oxygens (including phenoxy) is 4. The average Bonchev–Trinajstić information content (AvgIpc) is 3.03. The molecule has 0 fully saturated rings. The second-order valence-electron chi connectivity index (χ2n) is 28.6. The fraction of sp³-hybridized carbons (Fsp3) is 0.947. The van der Waals surface area contributed by atoms with E-state index >= 15 is 0 Å². The molecule has 0 aliphatic carbocycles. The van der Waals surface area contributed by atoms with Gasteiger partial charge in [0.05, 0.1) is 26.4 Å². The van der Waals surface area contributed by atoms with E-state index in [1.165, 1.54) is 173 Å². The van der Waals surface area contributed by atoms with Crippen molar-refractivity contribution >= 4 is 39.5 Å². The Balaban J connectivity index is 5.17. The lowest BCUT2D eigenvalue weighted by Gasteiger charge is -2.21. The Labute approximate surface area is 581 Å². The van der Waals surface area contributed by atoms with Gasteiger partial charge in [-0.05, 0) is 49.4 Å². The van der Waals surface area contributed by atoms with Crippen molar-refractivity contribution in [1.29, 1.82) is 0 Å². The molecule has 3 N–H and O–H groups in total. The van der Waals surface area contributed by atoms with Crippen LogP contribution in [0.3, 0.4) is 0 Å². The molecule has 0 spiro atoms. The van der Waals surface area contributed by atoms with E-state index < -0.39 is 97.5 Å². The summed E-state index contributed by atoms with van der Waals surface area (Å²) in [4.78, 5) is 72.7. The fourth-order valence-electron chi connectivity index (χ4n) is 11.5. The van der Waals surface area contributed by atoms with E-state index in [0.29, 0.717) is 25.7 Å². The quantitative estimate of drug-likeness (QED) is 0.0222. The highest BCUT2D eigenvalue weighted by Gasteiger charge is 2.30. The molecule has 0 radical (unpaired) electrons. The van der Waals surface area contributed by atoms with Gasteiger partial charge in [0.25, 0.3) is 0 Å². The molecule has 0 amide bonds. The molecule has 8 atom stereocenters. The molecule has 19 heteroatoms. The lowest BCUT2D eigenvalue weighted by Crippen LogP contribution is -2.30. The first-order chi connectivity index (χ1) is 45.7. The maximum absolute atomic E-state index is 13.1. The van der Waals surface area contributed by atoms with E-state index in [0.717, 1.165) is 126 Å². The van der Waals surface area contributed by atoms with Gasteiger partial charge in [0, 0.05) is 25.7 Å². The van der Waals surface area contributed by atoms with Crippen LogP contribution in [0.1, 0.15) is 383 Å². The molecule has 0 aromatic rings. The van der Waals surface area contributed by atoms with Gasteiger partial charge in [0.2, 0.25) is 0 Å². The van der Waals surface area contributed by atoms with Gasteiger partial charge in [-0.25, -0.2) is 9.13 Å². The summed E-state index contributed by atoms with van der Waals surface area (Å²) in [5.74, 6) is 0.960. The Hall–Kier alpha value is -1.94. The summed E-state index contributed by atoms with van der Waals surface area (Å²) < 4.78 is 68.5. The number of phosphoric ester groups is 2. The highest BCUT2D eigenvalue weighted by molar-refractivity contribution is 7.47. The molecule has 0 aromatic carbocycles. The Morgan fingerprint density at radius 2 is 0.505 bits per heavy atom. The first-order valence-electron chi connectivity index (χ1n) is 39.3. The molecule has 5 unspecified atom stereocenters. The largest absolute Gasteiger partial charge is 0.472 e. The predicted molar refractivity (Wildman–Crippen MR) is 386 cm³/mol. The van der Waals surface area contributed by atoms with Crippen molar-refractivity contribution in [3.8, 4) is 0 Å². The number of carbonyl (C=O) groups is 4. The number of rotatable bonds is 73. The summed E-state index contributed by atoms with van der Waals surface area (Å²) in [6, 6.07) is 0. The van der Waals surface area contributed by atoms with Crippen LogP contribution in [0.25, 0.3) is 0 Å². The summed E-state index contributed by atoms with van der Waals surface area (Å²) in [7, 11) is -9.91. The van der Waals surface area contributed by atoms with Crippen molar-refractivity contribution in [1.82, 2.24) is 0 Å². The highest BCUT2D eigenvalue weighted by atomic mass is 31.2. The van der Waals surface area contributed by atoms with Gasteiger partial charge >= 0.3 is 39.5 Å². The molecule has 0 saturated carbocycles. The standard InChI is InChI=1S/C76H148O17P2/c1-9-67(6)53-45-37-29-25-20-18-16-14-12-13-15-17-19-21-26-30-42-50-58-75(80)92-71(62-86-73(78)56-48-40-34-32-38-46-54-68(7)10-2)64-90-94(82,83)88-60-70(77)61-89-95(84,85)91-65-72(63-87-74(79)57-49-41-35-33-39-47-55-69(8)11-3)93-76(81)59-51-43-31-27-23-22-24-28-36-44-52-66(4)5/h66-72,77H,9-65H2,1-8H3,(H,82,83)(H,84,85)/t67?,68?,69?,70-,71+,72+/m0/s1. The van der Waals surface area contributed by atoms with Gasteiger partial charge in [-0.15, -0.1) is 0 Å². The number of esters is 4. The van der Waals surface area contributed by atoms with E-state index in [1.807, 2.05) is 0 Å². The third-order valence-corrected chi connectivity index (χ3v) is 20.6. The maximum atomic E-state index is 13.1. The van der Waals surface area contributed by atoms with Gasteiger partial charge in [0.15, 0.2) is 12.2 Å². The second-order valence-corrected chi connectivity index (χ2v) is 31.5. The Morgan fingerprint density at radius 1 is 0.295 bits per heavy atom. The minimum atomic E-state index is -4.96. The van der Waals surface area contributed by atoms with Crippen LogP contribution in [0.4, 0.5) is 0 Å². The third kappa shape index (κ3) is 66.4. The SMILES string of the molecule is CCC(C)CCCCCCCCCCCCCCCCCCCCC(=O)O[C@H](COC(=O)CCCCCCCCC(C)CC)COP(=O)(O)OC[C@H](O)COP(=O)(O)OC[C@@H](COC(=O)CCCCCCCCC(C)CC)OC(=O)CCCCCCCCCCCCC(C)C. The smallest absolute Gasteiger partial charge is 0.462 e. The van der Waals surface area contributed by atoms with Crippen LogP contribution in [-0.2, 0) is 65.4 Å². The Bertz CT molecular complexity index is 1870. The topological polar surface area (TPSA) is 237 Å². The van der Waals surface area contributed by atoms with Gasteiger partial charge in [-0.3, -0.25) is 37.3 Å². The van der Waals surface area contributed by atoms with E-state index in [9.17, 15) is 43.2 Å². The van der Waals surface area contributed by atoms with E-state index in [4.69, 9.17) is 37.0 Å². The summed E-state index contributed by atoms with van der Waals surface area (Å²) in [6.07, 6.45) is 50.1. The van der Waals surface area contributed by atoms with Crippen LogP contribution < -0.4 is 0 Å². The molecule has 0 aliphatic rings. The van der Waals surface area contributed by atoms with E-state index in [1.54, 1.807) is 0 Å². The summed E-state index contributed by atoms with van der Waals surface area (Å²) >= 11 is 0. The molecule has 0 rings (SSSR count). The maximum Gasteiger partial charge on any atom is 0.472 e. The van der Waals surface area contributed by atoms with Gasteiger partial charge in [-0.1, -0.05) is 331 Å². The molecular formula is C76H148O17P2. The van der Waals surface area contributed by atoms with E-state index in [-0.39, 0.29) is 25.7 Å². The van der Waals surface area contributed by atoms with Crippen molar-refractivity contribution in [3.05, 3.63) is 0 Å².